The summed E-state index contributed by atoms with van der Waals surface area (Å²) >= 11 is 5.10. The number of esters is 1. The van der Waals surface area contributed by atoms with Gasteiger partial charge in [-0.05, 0) is 39.9 Å². The summed E-state index contributed by atoms with van der Waals surface area (Å²) in [5.41, 5.74) is 1.22. The molecule has 0 aromatic carbocycles. The largest absolute Gasteiger partial charge is 0.466 e. The minimum atomic E-state index is -0.0835. The minimum Gasteiger partial charge on any atom is -0.466 e. The maximum absolute atomic E-state index is 11.8. The van der Waals surface area contributed by atoms with E-state index in [2.05, 4.69) is 32.7 Å². The van der Waals surface area contributed by atoms with E-state index in [0.29, 0.717) is 6.61 Å². The molecule has 0 saturated carbocycles. The predicted octanol–water partition coefficient (Wildman–Crippen LogP) is 2.38. The molecule has 1 aliphatic heterocycles. The normalized spacial score (nSPS) is 24.6. The maximum atomic E-state index is 11.8. The van der Waals surface area contributed by atoms with Gasteiger partial charge in [-0.2, -0.15) is 0 Å². The summed E-state index contributed by atoms with van der Waals surface area (Å²) in [6.07, 6.45) is 0. The third-order valence-corrected chi connectivity index (χ3v) is 4.34. The van der Waals surface area contributed by atoms with Gasteiger partial charge < -0.3 is 10.1 Å². The number of carbonyl (C=O) groups is 1. The predicted molar refractivity (Wildman–Crippen MR) is 67.8 cm³/mol. The molecule has 0 bridgehead atoms. The summed E-state index contributed by atoms with van der Waals surface area (Å²) in [6, 6.07) is 2.09. The van der Waals surface area contributed by atoms with Gasteiger partial charge in [0.2, 0.25) is 0 Å². The Kier molecular flexibility index (Phi) is 4.00. The van der Waals surface area contributed by atoms with Gasteiger partial charge in [-0.3, -0.25) is 4.79 Å². The number of hydrogen-bond acceptors (Lipinski definition) is 4. The highest BCUT2D eigenvalue weighted by Crippen LogP contribution is 2.33. The van der Waals surface area contributed by atoms with Crippen LogP contribution in [0.4, 0.5) is 0 Å². The number of halogens is 1. The second-order valence-electron chi connectivity index (χ2n) is 3.81. The molecular formula is C11H14BrNO2S. The van der Waals surface area contributed by atoms with Gasteiger partial charge >= 0.3 is 5.97 Å². The molecule has 3 nitrogen and oxygen atoms in total. The van der Waals surface area contributed by atoms with E-state index in [9.17, 15) is 4.79 Å². The van der Waals surface area contributed by atoms with Crippen LogP contribution in [0.5, 0.6) is 0 Å². The Bertz CT molecular complexity index is 380. The Balaban J connectivity index is 2.11. The maximum Gasteiger partial charge on any atom is 0.310 e. The molecule has 2 unspecified atom stereocenters. The topological polar surface area (TPSA) is 38.3 Å². The molecule has 5 heteroatoms. The first-order valence-corrected chi connectivity index (χ1v) is 7.01. The Labute approximate surface area is 107 Å². The van der Waals surface area contributed by atoms with Crippen LogP contribution in [0, 0.1) is 5.92 Å². The SMILES string of the molecule is CCOC(=O)C1CNCC1c1csc(Br)c1. The third kappa shape index (κ3) is 2.47. The molecule has 0 amide bonds. The van der Waals surface area contributed by atoms with E-state index < -0.39 is 0 Å². The molecule has 0 spiro atoms. The van der Waals surface area contributed by atoms with Crippen molar-refractivity contribution in [2.24, 2.45) is 5.92 Å². The van der Waals surface area contributed by atoms with E-state index in [4.69, 9.17) is 4.74 Å². The van der Waals surface area contributed by atoms with Crippen molar-refractivity contribution in [3.8, 4) is 0 Å². The standard InChI is InChI=1S/C11H14BrNO2S/c1-2-15-11(14)9-5-13-4-8(9)7-3-10(12)16-6-7/h3,6,8-9,13H,2,4-5H2,1H3. The first kappa shape index (κ1) is 12.1. The molecule has 2 heterocycles. The number of carbonyl (C=O) groups excluding carboxylic acids is 1. The lowest BCUT2D eigenvalue weighted by atomic mass is 9.91. The molecule has 2 atom stereocenters. The molecule has 88 valence electrons. The molecule has 1 N–H and O–H groups in total. The number of ether oxygens (including phenoxy) is 1. The quantitative estimate of drug-likeness (QED) is 0.871. The van der Waals surface area contributed by atoms with E-state index in [1.54, 1.807) is 11.3 Å². The summed E-state index contributed by atoms with van der Waals surface area (Å²) in [6.45, 7) is 3.87. The van der Waals surface area contributed by atoms with Gasteiger partial charge in [0.15, 0.2) is 0 Å². The van der Waals surface area contributed by atoms with Crippen LogP contribution in [-0.4, -0.2) is 25.7 Å². The zero-order valence-corrected chi connectivity index (χ0v) is 11.4. The third-order valence-electron chi connectivity index (χ3n) is 2.82. The summed E-state index contributed by atoms with van der Waals surface area (Å²) < 4.78 is 6.21. The Hall–Kier alpha value is -0.390. The fourth-order valence-corrected chi connectivity index (χ4v) is 3.28. The van der Waals surface area contributed by atoms with Crippen LogP contribution in [-0.2, 0) is 9.53 Å². The van der Waals surface area contributed by atoms with E-state index in [-0.39, 0.29) is 17.8 Å². The molecule has 0 radical (unpaired) electrons. The minimum absolute atomic E-state index is 0.0403. The number of thiophene rings is 1. The molecule has 1 aliphatic rings. The van der Waals surface area contributed by atoms with Gasteiger partial charge in [0.05, 0.1) is 16.3 Å². The Morgan fingerprint density at radius 2 is 2.50 bits per heavy atom. The van der Waals surface area contributed by atoms with Crippen molar-refractivity contribution in [1.82, 2.24) is 5.32 Å². The molecule has 1 fully saturated rings. The average Bonchev–Trinajstić information content (AvgIpc) is 2.85. The zero-order chi connectivity index (χ0) is 11.5. The van der Waals surface area contributed by atoms with E-state index in [0.717, 1.165) is 16.9 Å². The van der Waals surface area contributed by atoms with Crippen molar-refractivity contribution in [3.05, 3.63) is 20.8 Å². The highest BCUT2D eigenvalue weighted by Gasteiger charge is 2.35. The lowest BCUT2D eigenvalue weighted by molar-refractivity contribution is -0.147. The molecule has 0 aliphatic carbocycles. The van der Waals surface area contributed by atoms with Gasteiger partial charge in [-0.25, -0.2) is 0 Å². The molecule has 1 saturated heterocycles. The highest BCUT2D eigenvalue weighted by molar-refractivity contribution is 9.11. The van der Waals surface area contributed by atoms with Crippen molar-refractivity contribution in [2.45, 2.75) is 12.8 Å². The number of nitrogens with one attached hydrogen (secondary N) is 1. The van der Waals surface area contributed by atoms with Crippen molar-refractivity contribution in [3.63, 3.8) is 0 Å². The van der Waals surface area contributed by atoms with E-state index in [1.807, 2.05) is 6.92 Å². The average molecular weight is 304 g/mol. The first-order chi connectivity index (χ1) is 7.72. The molecule has 16 heavy (non-hydrogen) atoms. The van der Waals surface area contributed by atoms with Crippen molar-refractivity contribution in [2.75, 3.05) is 19.7 Å². The van der Waals surface area contributed by atoms with Crippen molar-refractivity contribution < 1.29 is 9.53 Å². The molecular weight excluding hydrogens is 290 g/mol. The van der Waals surface area contributed by atoms with Crippen LogP contribution in [0.3, 0.4) is 0 Å². The summed E-state index contributed by atoms with van der Waals surface area (Å²) in [4.78, 5) is 11.8. The smallest absolute Gasteiger partial charge is 0.310 e. The summed E-state index contributed by atoms with van der Waals surface area (Å²) in [7, 11) is 0. The monoisotopic (exact) mass is 303 g/mol. The van der Waals surface area contributed by atoms with Gasteiger partial charge in [0.25, 0.3) is 0 Å². The van der Waals surface area contributed by atoms with Crippen molar-refractivity contribution in [1.29, 1.82) is 0 Å². The van der Waals surface area contributed by atoms with Crippen molar-refractivity contribution >= 4 is 33.2 Å². The number of rotatable bonds is 3. The van der Waals surface area contributed by atoms with Crippen LogP contribution >= 0.6 is 27.3 Å². The van der Waals surface area contributed by atoms with Gasteiger partial charge in [0.1, 0.15) is 0 Å². The lowest BCUT2D eigenvalue weighted by Gasteiger charge is -2.15. The van der Waals surface area contributed by atoms with Crippen LogP contribution in [0.1, 0.15) is 18.4 Å². The summed E-state index contributed by atoms with van der Waals surface area (Å²) in [5.74, 6) is 0.128. The second kappa shape index (κ2) is 5.29. The van der Waals surface area contributed by atoms with E-state index >= 15 is 0 Å². The second-order valence-corrected chi connectivity index (χ2v) is 6.10. The zero-order valence-electron chi connectivity index (χ0n) is 9.03. The fourth-order valence-electron chi connectivity index (χ4n) is 2.04. The highest BCUT2D eigenvalue weighted by atomic mass is 79.9. The first-order valence-electron chi connectivity index (χ1n) is 5.33. The fraction of sp³-hybridized carbons (Fsp3) is 0.545. The van der Waals surface area contributed by atoms with Crippen LogP contribution in [0.2, 0.25) is 0 Å². The lowest BCUT2D eigenvalue weighted by Crippen LogP contribution is -2.23. The van der Waals surface area contributed by atoms with Gasteiger partial charge in [-0.15, -0.1) is 11.3 Å². The Morgan fingerprint density at radius 1 is 1.69 bits per heavy atom. The van der Waals surface area contributed by atoms with Crippen LogP contribution in [0.15, 0.2) is 15.2 Å². The molecule has 2 rings (SSSR count). The van der Waals surface area contributed by atoms with Crippen LogP contribution in [0.25, 0.3) is 0 Å². The van der Waals surface area contributed by atoms with Gasteiger partial charge in [-0.1, -0.05) is 0 Å². The molecule has 1 aromatic rings. The number of hydrogen-bond donors (Lipinski definition) is 1. The summed E-state index contributed by atoms with van der Waals surface area (Å²) in [5, 5.41) is 5.36. The van der Waals surface area contributed by atoms with E-state index in [1.165, 1.54) is 5.56 Å². The van der Waals surface area contributed by atoms with Gasteiger partial charge in [0, 0.05) is 19.0 Å². The molecule has 1 aromatic heterocycles. The van der Waals surface area contributed by atoms with Crippen LogP contribution < -0.4 is 5.32 Å². The Morgan fingerprint density at radius 3 is 3.12 bits per heavy atom.